The van der Waals surface area contributed by atoms with Crippen LogP contribution >= 0.6 is 27.5 Å². The molecule has 0 radical (unpaired) electrons. The molecule has 2 amide bonds. The number of anilines is 1. The number of amides is 2. The van der Waals surface area contributed by atoms with Crippen LogP contribution < -0.4 is 10.6 Å². The lowest BCUT2D eigenvalue weighted by Gasteiger charge is -2.11. The molecule has 144 valence electrons. The predicted octanol–water partition coefficient (Wildman–Crippen LogP) is 5.24. The standard InChI is InChI=1S/C22H16BrN3O2S/c23-15-7-5-6-14(12-15)13-24-21(27)16-8-1-3-10-18(16)25-22(28)20-17-9-2-4-11-19(17)29-26-20/h1-12H,13H2,(H,24,27)(H,25,28). The maximum atomic E-state index is 12.8. The fraction of sp³-hybridized carbons (Fsp3) is 0.0455. The van der Waals surface area contributed by atoms with Gasteiger partial charge in [0.1, 0.15) is 5.69 Å². The molecule has 4 rings (SSSR count). The Hall–Kier alpha value is -3.03. The largest absolute Gasteiger partial charge is 0.348 e. The molecule has 29 heavy (non-hydrogen) atoms. The second-order valence-corrected chi connectivity index (χ2v) is 8.06. The first-order valence-electron chi connectivity index (χ1n) is 8.89. The fourth-order valence-electron chi connectivity index (χ4n) is 2.95. The summed E-state index contributed by atoms with van der Waals surface area (Å²) in [7, 11) is 0. The van der Waals surface area contributed by atoms with Crippen molar-refractivity contribution in [1.29, 1.82) is 0 Å². The number of carbonyl (C=O) groups is 2. The number of hydrogen-bond acceptors (Lipinski definition) is 4. The van der Waals surface area contributed by atoms with E-state index in [0.717, 1.165) is 20.1 Å². The smallest absolute Gasteiger partial charge is 0.276 e. The second kappa shape index (κ2) is 8.55. The molecule has 0 unspecified atom stereocenters. The van der Waals surface area contributed by atoms with Gasteiger partial charge in [-0.3, -0.25) is 9.59 Å². The van der Waals surface area contributed by atoms with Crippen LogP contribution in [0.15, 0.2) is 77.3 Å². The average Bonchev–Trinajstić information content (AvgIpc) is 3.17. The number of benzene rings is 3. The molecule has 0 fully saturated rings. The first-order chi connectivity index (χ1) is 14.1. The van der Waals surface area contributed by atoms with E-state index in [4.69, 9.17) is 0 Å². The third kappa shape index (κ3) is 4.36. The summed E-state index contributed by atoms with van der Waals surface area (Å²) in [5.41, 5.74) is 2.18. The molecule has 0 bridgehead atoms. The van der Waals surface area contributed by atoms with Crippen molar-refractivity contribution < 1.29 is 9.59 Å². The number of nitrogens with one attached hydrogen (secondary N) is 2. The van der Waals surface area contributed by atoms with Gasteiger partial charge in [0.2, 0.25) is 0 Å². The Kier molecular flexibility index (Phi) is 5.69. The van der Waals surface area contributed by atoms with Crippen molar-refractivity contribution in [1.82, 2.24) is 9.69 Å². The van der Waals surface area contributed by atoms with Crippen molar-refractivity contribution in [2.75, 3.05) is 5.32 Å². The van der Waals surface area contributed by atoms with Crippen LogP contribution in [0, 0.1) is 0 Å². The Bertz CT molecular complexity index is 1210. The van der Waals surface area contributed by atoms with E-state index in [1.54, 1.807) is 24.3 Å². The summed E-state index contributed by atoms with van der Waals surface area (Å²) in [4.78, 5) is 25.5. The van der Waals surface area contributed by atoms with E-state index < -0.39 is 0 Å². The van der Waals surface area contributed by atoms with Gasteiger partial charge in [-0.25, -0.2) is 0 Å². The predicted molar refractivity (Wildman–Crippen MR) is 119 cm³/mol. The summed E-state index contributed by atoms with van der Waals surface area (Å²) in [6.07, 6.45) is 0. The highest BCUT2D eigenvalue weighted by atomic mass is 79.9. The molecule has 0 atom stereocenters. The number of aromatic nitrogens is 1. The van der Waals surface area contributed by atoms with E-state index in [1.807, 2.05) is 48.5 Å². The van der Waals surface area contributed by atoms with Crippen LogP contribution in [0.2, 0.25) is 0 Å². The Labute approximate surface area is 180 Å². The minimum Gasteiger partial charge on any atom is -0.348 e. The molecule has 1 aromatic heterocycles. The molecule has 3 aromatic carbocycles. The summed E-state index contributed by atoms with van der Waals surface area (Å²) >= 11 is 4.70. The van der Waals surface area contributed by atoms with Crippen molar-refractivity contribution in [3.8, 4) is 0 Å². The van der Waals surface area contributed by atoms with Gasteiger partial charge in [0.05, 0.1) is 16.0 Å². The van der Waals surface area contributed by atoms with Crippen molar-refractivity contribution in [2.45, 2.75) is 6.54 Å². The normalized spacial score (nSPS) is 10.7. The Morgan fingerprint density at radius 1 is 0.931 bits per heavy atom. The van der Waals surface area contributed by atoms with Crippen molar-refractivity contribution >= 4 is 55.1 Å². The van der Waals surface area contributed by atoms with E-state index in [9.17, 15) is 9.59 Å². The van der Waals surface area contributed by atoms with E-state index >= 15 is 0 Å². The molecular weight excluding hydrogens is 450 g/mol. The maximum Gasteiger partial charge on any atom is 0.276 e. The lowest BCUT2D eigenvalue weighted by molar-refractivity contribution is 0.0952. The van der Waals surface area contributed by atoms with Crippen LogP contribution in [-0.2, 0) is 6.54 Å². The minimum absolute atomic E-state index is 0.260. The van der Waals surface area contributed by atoms with E-state index in [-0.39, 0.29) is 11.8 Å². The molecule has 0 spiro atoms. The van der Waals surface area contributed by atoms with Gasteiger partial charge in [-0.1, -0.05) is 58.4 Å². The molecule has 4 aromatic rings. The molecule has 7 heteroatoms. The van der Waals surface area contributed by atoms with Crippen LogP contribution in [0.5, 0.6) is 0 Å². The lowest BCUT2D eigenvalue weighted by atomic mass is 10.1. The first-order valence-corrected chi connectivity index (χ1v) is 10.5. The van der Waals surface area contributed by atoms with Crippen molar-refractivity contribution in [3.05, 3.63) is 94.1 Å². The molecule has 0 saturated carbocycles. The van der Waals surface area contributed by atoms with Crippen LogP contribution in [0.1, 0.15) is 26.4 Å². The zero-order valence-corrected chi connectivity index (χ0v) is 17.6. The Morgan fingerprint density at radius 2 is 1.72 bits per heavy atom. The SMILES string of the molecule is O=C(NCc1cccc(Br)c1)c1ccccc1NC(=O)c1nsc2ccccc12. The van der Waals surface area contributed by atoms with Gasteiger partial charge in [-0.2, -0.15) is 4.37 Å². The molecule has 0 aliphatic heterocycles. The number of nitrogens with zero attached hydrogens (tertiary/aromatic N) is 1. The van der Waals surface area contributed by atoms with Crippen LogP contribution in [-0.4, -0.2) is 16.2 Å². The number of halogens is 1. The first kappa shape index (κ1) is 19.3. The third-order valence-corrected chi connectivity index (χ3v) is 5.67. The highest BCUT2D eigenvalue weighted by Gasteiger charge is 2.17. The number of rotatable bonds is 5. The van der Waals surface area contributed by atoms with E-state index in [1.165, 1.54) is 11.5 Å². The number of carbonyl (C=O) groups excluding carboxylic acids is 2. The number of hydrogen-bond donors (Lipinski definition) is 2. The third-order valence-electron chi connectivity index (χ3n) is 4.35. The van der Waals surface area contributed by atoms with Gasteiger partial charge in [0, 0.05) is 16.4 Å². The minimum atomic E-state index is -0.338. The van der Waals surface area contributed by atoms with Gasteiger partial charge >= 0.3 is 0 Å². The van der Waals surface area contributed by atoms with Crippen LogP contribution in [0.3, 0.4) is 0 Å². The van der Waals surface area contributed by atoms with Crippen molar-refractivity contribution in [2.24, 2.45) is 0 Å². The zero-order valence-electron chi connectivity index (χ0n) is 15.2. The number of para-hydroxylation sites is 1. The molecular formula is C22H16BrN3O2S. The molecule has 0 aliphatic carbocycles. The number of fused-ring (bicyclic) bond motifs is 1. The molecule has 1 heterocycles. The van der Waals surface area contributed by atoms with Crippen molar-refractivity contribution in [3.63, 3.8) is 0 Å². The summed E-state index contributed by atoms with van der Waals surface area (Å²) < 4.78 is 6.17. The Morgan fingerprint density at radius 3 is 2.59 bits per heavy atom. The van der Waals surface area contributed by atoms with Gasteiger partial charge in [0.25, 0.3) is 11.8 Å². The summed E-state index contributed by atoms with van der Waals surface area (Å²) in [6.45, 7) is 0.386. The topological polar surface area (TPSA) is 71.1 Å². The zero-order chi connectivity index (χ0) is 20.2. The molecule has 0 saturated heterocycles. The highest BCUT2D eigenvalue weighted by Crippen LogP contribution is 2.24. The van der Waals surface area contributed by atoms with E-state index in [0.29, 0.717) is 23.5 Å². The fourth-order valence-corrected chi connectivity index (χ4v) is 4.17. The van der Waals surface area contributed by atoms with Crippen LogP contribution in [0.25, 0.3) is 10.1 Å². The molecule has 2 N–H and O–H groups in total. The van der Waals surface area contributed by atoms with Gasteiger partial charge < -0.3 is 10.6 Å². The summed E-state index contributed by atoms with van der Waals surface area (Å²) in [5.74, 6) is -0.598. The Balaban J connectivity index is 1.52. The van der Waals surface area contributed by atoms with Gasteiger partial charge in [-0.15, -0.1) is 0 Å². The summed E-state index contributed by atoms with van der Waals surface area (Å²) in [6, 6.07) is 22.2. The highest BCUT2D eigenvalue weighted by molar-refractivity contribution is 9.10. The average molecular weight is 466 g/mol. The quantitative estimate of drug-likeness (QED) is 0.423. The van der Waals surface area contributed by atoms with Gasteiger partial charge in [0.15, 0.2) is 0 Å². The molecule has 0 aliphatic rings. The summed E-state index contributed by atoms with van der Waals surface area (Å²) in [5, 5.41) is 6.52. The van der Waals surface area contributed by atoms with Gasteiger partial charge in [-0.05, 0) is 47.4 Å². The molecule has 5 nitrogen and oxygen atoms in total. The maximum absolute atomic E-state index is 12.8. The lowest BCUT2D eigenvalue weighted by Crippen LogP contribution is -2.25. The van der Waals surface area contributed by atoms with Crippen LogP contribution in [0.4, 0.5) is 5.69 Å². The second-order valence-electron chi connectivity index (χ2n) is 6.34. The monoisotopic (exact) mass is 465 g/mol. The van der Waals surface area contributed by atoms with E-state index in [2.05, 4.69) is 30.9 Å².